The monoisotopic (exact) mass is 156 g/mol. The maximum Gasteiger partial charge on any atom is 0.157 e. The van der Waals surface area contributed by atoms with E-state index in [1.807, 2.05) is 6.08 Å². The standard InChI is InChI=1S/C9H16O2/c1-4-5-6-9(7-11-3)8(2)10/h6H,4-5,7H2,1-3H3/b9-6+. The first-order chi connectivity index (χ1) is 5.22. The number of carbonyl (C=O) groups is 1. The Morgan fingerprint density at radius 1 is 1.55 bits per heavy atom. The second-order valence-electron chi connectivity index (χ2n) is 2.51. The molecule has 11 heavy (non-hydrogen) atoms. The number of ketones is 1. The molecule has 64 valence electrons. The molecule has 0 spiro atoms. The summed E-state index contributed by atoms with van der Waals surface area (Å²) >= 11 is 0. The van der Waals surface area contributed by atoms with Gasteiger partial charge in [0.15, 0.2) is 5.78 Å². The molecule has 0 saturated carbocycles. The fourth-order valence-corrected chi connectivity index (χ4v) is 0.778. The molecule has 0 unspecified atom stereocenters. The van der Waals surface area contributed by atoms with E-state index >= 15 is 0 Å². The molecular formula is C9H16O2. The molecule has 0 fully saturated rings. The average molecular weight is 156 g/mol. The van der Waals surface area contributed by atoms with E-state index in [2.05, 4.69) is 6.92 Å². The van der Waals surface area contributed by atoms with Crippen LogP contribution in [0.4, 0.5) is 0 Å². The van der Waals surface area contributed by atoms with Crippen LogP contribution in [-0.4, -0.2) is 19.5 Å². The summed E-state index contributed by atoms with van der Waals surface area (Å²) in [6, 6.07) is 0. The van der Waals surface area contributed by atoms with Crippen molar-refractivity contribution in [3.63, 3.8) is 0 Å². The first kappa shape index (κ1) is 10.4. The molecule has 0 aliphatic carbocycles. The molecule has 2 nitrogen and oxygen atoms in total. The zero-order valence-electron chi connectivity index (χ0n) is 7.52. The van der Waals surface area contributed by atoms with E-state index in [1.165, 1.54) is 0 Å². The fraction of sp³-hybridized carbons (Fsp3) is 0.667. The van der Waals surface area contributed by atoms with E-state index in [0.717, 1.165) is 18.4 Å². The van der Waals surface area contributed by atoms with Crippen LogP contribution in [-0.2, 0) is 9.53 Å². The molecule has 0 saturated heterocycles. The molecule has 0 aromatic carbocycles. The Kier molecular flexibility index (Phi) is 5.75. The Balaban J connectivity index is 3.97. The SMILES string of the molecule is CCC/C=C(\COC)C(C)=O. The molecule has 0 aliphatic heterocycles. The van der Waals surface area contributed by atoms with Crippen molar-refractivity contribution >= 4 is 5.78 Å². The smallest absolute Gasteiger partial charge is 0.157 e. The van der Waals surface area contributed by atoms with Gasteiger partial charge in [0.05, 0.1) is 6.61 Å². The zero-order valence-corrected chi connectivity index (χ0v) is 7.52. The van der Waals surface area contributed by atoms with E-state index < -0.39 is 0 Å². The van der Waals surface area contributed by atoms with Crippen LogP contribution in [0.1, 0.15) is 26.7 Å². The number of hydrogen-bond acceptors (Lipinski definition) is 2. The summed E-state index contributed by atoms with van der Waals surface area (Å²) in [5, 5.41) is 0. The third-order valence-corrected chi connectivity index (χ3v) is 1.43. The maximum atomic E-state index is 10.9. The van der Waals surface area contributed by atoms with Gasteiger partial charge < -0.3 is 4.74 Å². The van der Waals surface area contributed by atoms with Crippen LogP contribution in [0.25, 0.3) is 0 Å². The van der Waals surface area contributed by atoms with Gasteiger partial charge in [-0.25, -0.2) is 0 Å². The van der Waals surface area contributed by atoms with Crippen LogP contribution in [0.5, 0.6) is 0 Å². The van der Waals surface area contributed by atoms with Gasteiger partial charge in [0, 0.05) is 12.7 Å². The van der Waals surface area contributed by atoms with Gasteiger partial charge in [0.25, 0.3) is 0 Å². The van der Waals surface area contributed by atoms with Gasteiger partial charge in [-0.2, -0.15) is 0 Å². The molecule has 0 N–H and O–H groups in total. The molecule has 0 aromatic heterocycles. The van der Waals surface area contributed by atoms with Crippen molar-refractivity contribution in [1.29, 1.82) is 0 Å². The van der Waals surface area contributed by atoms with Gasteiger partial charge in [-0.05, 0) is 13.3 Å². The van der Waals surface area contributed by atoms with Crippen LogP contribution in [0.3, 0.4) is 0 Å². The van der Waals surface area contributed by atoms with Crippen molar-refractivity contribution in [1.82, 2.24) is 0 Å². The third-order valence-electron chi connectivity index (χ3n) is 1.43. The number of unbranched alkanes of at least 4 members (excludes halogenated alkanes) is 1. The molecule has 2 heteroatoms. The largest absolute Gasteiger partial charge is 0.380 e. The van der Waals surface area contributed by atoms with Crippen LogP contribution >= 0.6 is 0 Å². The van der Waals surface area contributed by atoms with Gasteiger partial charge in [0.1, 0.15) is 0 Å². The highest BCUT2D eigenvalue weighted by Crippen LogP contribution is 2.00. The van der Waals surface area contributed by atoms with Gasteiger partial charge in [0.2, 0.25) is 0 Å². The highest BCUT2D eigenvalue weighted by molar-refractivity contribution is 5.93. The number of methoxy groups -OCH3 is 1. The van der Waals surface area contributed by atoms with Crippen LogP contribution in [0, 0.1) is 0 Å². The number of rotatable bonds is 5. The quantitative estimate of drug-likeness (QED) is 0.569. The Bertz CT molecular complexity index is 148. The molecule has 0 aliphatic rings. The van der Waals surface area contributed by atoms with Gasteiger partial charge >= 0.3 is 0 Å². The number of hydrogen-bond donors (Lipinski definition) is 0. The van der Waals surface area contributed by atoms with Crippen molar-refractivity contribution in [2.75, 3.05) is 13.7 Å². The highest BCUT2D eigenvalue weighted by atomic mass is 16.5. The van der Waals surface area contributed by atoms with Crippen molar-refractivity contribution in [2.45, 2.75) is 26.7 Å². The summed E-state index contributed by atoms with van der Waals surface area (Å²) in [4.78, 5) is 10.9. The predicted molar refractivity (Wildman–Crippen MR) is 45.5 cm³/mol. The van der Waals surface area contributed by atoms with Crippen LogP contribution in [0.15, 0.2) is 11.6 Å². The predicted octanol–water partition coefficient (Wildman–Crippen LogP) is 1.95. The second kappa shape index (κ2) is 6.10. The van der Waals surface area contributed by atoms with E-state index in [9.17, 15) is 4.79 Å². The lowest BCUT2D eigenvalue weighted by Crippen LogP contribution is -2.03. The summed E-state index contributed by atoms with van der Waals surface area (Å²) in [6.07, 6.45) is 3.98. The molecule has 0 aromatic rings. The zero-order chi connectivity index (χ0) is 8.69. The lowest BCUT2D eigenvalue weighted by molar-refractivity contribution is -0.114. The Hall–Kier alpha value is -0.630. The van der Waals surface area contributed by atoms with E-state index in [4.69, 9.17) is 4.74 Å². The normalized spacial score (nSPS) is 11.7. The minimum Gasteiger partial charge on any atom is -0.380 e. The van der Waals surface area contributed by atoms with E-state index in [0.29, 0.717) is 6.61 Å². The highest BCUT2D eigenvalue weighted by Gasteiger charge is 2.00. The van der Waals surface area contributed by atoms with E-state index in [1.54, 1.807) is 14.0 Å². The summed E-state index contributed by atoms with van der Waals surface area (Å²) < 4.78 is 4.87. The fourth-order valence-electron chi connectivity index (χ4n) is 0.778. The molecule has 0 rings (SSSR count). The molecular weight excluding hydrogens is 140 g/mol. The average Bonchev–Trinajstić information content (AvgIpc) is 1.97. The first-order valence-electron chi connectivity index (χ1n) is 3.91. The summed E-state index contributed by atoms with van der Waals surface area (Å²) in [6.45, 7) is 4.09. The third kappa shape index (κ3) is 4.73. The minimum absolute atomic E-state index is 0.111. The lowest BCUT2D eigenvalue weighted by atomic mass is 10.1. The van der Waals surface area contributed by atoms with Crippen LogP contribution < -0.4 is 0 Å². The van der Waals surface area contributed by atoms with E-state index in [-0.39, 0.29) is 5.78 Å². The summed E-state index contributed by atoms with van der Waals surface area (Å²) in [7, 11) is 1.60. The Labute approximate surface area is 68.2 Å². The molecule has 0 atom stereocenters. The maximum absolute atomic E-state index is 10.9. The molecule has 0 bridgehead atoms. The summed E-state index contributed by atoms with van der Waals surface area (Å²) in [5.41, 5.74) is 0.786. The van der Waals surface area contributed by atoms with Crippen molar-refractivity contribution < 1.29 is 9.53 Å². The number of allylic oxidation sites excluding steroid dienone is 1. The van der Waals surface area contributed by atoms with Gasteiger partial charge in [-0.15, -0.1) is 0 Å². The van der Waals surface area contributed by atoms with Gasteiger partial charge in [-0.3, -0.25) is 4.79 Å². The van der Waals surface area contributed by atoms with Crippen LogP contribution in [0.2, 0.25) is 0 Å². The Morgan fingerprint density at radius 2 is 2.18 bits per heavy atom. The first-order valence-corrected chi connectivity index (χ1v) is 3.91. The molecule has 0 amide bonds. The molecule has 0 heterocycles. The topological polar surface area (TPSA) is 26.3 Å². The number of ether oxygens (including phenoxy) is 1. The minimum atomic E-state index is 0.111. The van der Waals surface area contributed by atoms with Crippen molar-refractivity contribution in [3.8, 4) is 0 Å². The van der Waals surface area contributed by atoms with Crippen molar-refractivity contribution in [3.05, 3.63) is 11.6 Å². The van der Waals surface area contributed by atoms with Crippen molar-refractivity contribution in [2.24, 2.45) is 0 Å². The lowest BCUT2D eigenvalue weighted by Gasteiger charge is -2.00. The number of carbonyl (C=O) groups excluding carboxylic acids is 1. The number of Topliss-reactive ketones (excluding diaryl/α,β-unsaturated/α-hetero) is 1. The summed E-state index contributed by atoms with van der Waals surface area (Å²) in [5.74, 6) is 0.111. The molecule has 0 radical (unpaired) electrons. The van der Waals surface area contributed by atoms with Gasteiger partial charge in [-0.1, -0.05) is 19.4 Å². The second-order valence-corrected chi connectivity index (χ2v) is 2.51. The Morgan fingerprint density at radius 3 is 2.55 bits per heavy atom.